The van der Waals surface area contributed by atoms with Gasteiger partial charge in [0, 0.05) is 31.4 Å². The van der Waals surface area contributed by atoms with E-state index in [1.807, 2.05) is 61.9 Å². The van der Waals surface area contributed by atoms with Crippen LogP contribution in [-0.4, -0.2) is 70.0 Å². The SMILES string of the molecule is Cc1nn(-c2ccccc2)c2sc(C(=O)N3CCCNC(=O)[C@@H](C(C)C)NC(=O)[C@@H](C)NC(=O)CCC3)cc12. The van der Waals surface area contributed by atoms with Crippen molar-refractivity contribution in [3.63, 3.8) is 0 Å². The molecule has 2 aromatic heterocycles. The van der Waals surface area contributed by atoms with E-state index in [0.29, 0.717) is 37.4 Å². The Bertz CT molecular complexity index is 1350. The highest BCUT2D eigenvalue weighted by atomic mass is 32.1. The van der Waals surface area contributed by atoms with E-state index in [1.165, 1.54) is 11.3 Å². The number of hydrogen-bond donors (Lipinski definition) is 3. The molecule has 0 spiro atoms. The normalized spacial score (nSPS) is 20.2. The van der Waals surface area contributed by atoms with Gasteiger partial charge in [0.25, 0.3) is 5.91 Å². The number of fused-ring (bicyclic) bond motifs is 1. The van der Waals surface area contributed by atoms with Crippen molar-refractivity contribution in [3.05, 3.63) is 47.0 Å². The number of benzene rings is 1. The Morgan fingerprint density at radius 2 is 1.77 bits per heavy atom. The molecule has 0 aliphatic carbocycles. The fourth-order valence-electron chi connectivity index (χ4n) is 4.58. The van der Waals surface area contributed by atoms with Gasteiger partial charge in [0.2, 0.25) is 17.7 Å². The van der Waals surface area contributed by atoms with Crippen molar-refractivity contribution >= 4 is 45.2 Å². The molecule has 208 valence electrons. The molecule has 1 aliphatic heterocycles. The fourth-order valence-corrected chi connectivity index (χ4v) is 5.73. The second-order valence-electron chi connectivity index (χ2n) is 10.2. The minimum absolute atomic E-state index is 0.114. The Hall–Kier alpha value is -3.73. The lowest BCUT2D eigenvalue weighted by Gasteiger charge is -2.24. The molecule has 0 saturated carbocycles. The highest BCUT2D eigenvalue weighted by molar-refractivity contribution is 7.20. The predicted octanol–water partition coefficient (Wildman–Crippen LogP) is 2.78. The number of para-hydroxylation sites is 1. The molecule has 1 saturated heterocycles. The van der Waals surface area contributed by atoms with Crippen LogP contribution in [0, 0.1) is 12.8 Å². The molecule has 3 aromatic rings. The third-order valence-corrected chi connectivity index (χ3v) is 7.90. The van der Waals surface area contributed by atoms with Crippen molar-refractivity contribution < 1.29 is 19.2 Å². The lowest BCUT2D eigenvalue weighted by atomic mass is 10.0. The number of amides is 4. The molecule has 1 fully saturated rings. The molecule has 0 unspecified atom stereocenters. The van der Waals surface area contributed by atoms with Crippen LogP contribution >= 0.6 is 11.3 Å². The number of nitrogens with zero attached hydrogens (tertiary/aromatic N) is 3. The summed E-state index contributed by atoms with van der Waals surface area (Å²) in [6.45, 7) is 8.40. The number of carbonyl (C=O) groups is 4. The zero-order valence-corrected chi connectivity index (χ0v) is 23.6. The quantitative estimate of drug-likeness (QED) is 0.461. The van der Waals surface area contributed by atoms with E-state index in [4.69, 9.17) is 0 Å². The minimum atomic E-state index is -0.777. The van der Waals surface area contributed by atoms with E-state index in [2.05, 4.69) is 21.0 Å². The number of aryl methyl sites for hydroxylation is 1. The molecule has 1 aromatic carbocycles. The van der Waals surface area contributed by atoms with Gasteiger partial charge in [-0.25, -0.2) is 4.68 Å². The van der Waals surface area contributed by atoms with Gasteiger partial charge in [-0.3, -0.25) is 19.2 Å². The Kier molecular flexibility index (Phi) is 9.01. The fraction of sp³-hybridized carbons (Fsp3) is 0.464. The van der Waals surface area contributed by atoms with Crippen LogP contribution in [0.3, 0.4) is 0 Å². The van der Waals surface area contributed by atoms with Crippen LogP contribution in [-0.2, 0) is 14.4 Å². The maximum Gasteiger partial charge on any atom is 0.264 e. The smallest absolute Gasteiger partial charge is 0.264 e. The average Bonchev–Trinajstić information content (AvgIpc) is 3.48. The van der Waals surface area contributed by atoms with Crippen LogP contribution in [0.2, 0.25) is 0 Å². The van der Waals surface area contributed by atoms with Gasteiger partial charge in [0.1, 0.15) is 16.9 Å². The van der Waals surface area contributed by atoms with Crippen molar-refractivity contribution in [3.8, 4) is 5.69 Å². The molecule has 4 amide bonds. The Labute approximate surface area is 232 Å². The lowest BCUT2D eigenvalue weighted by Crippen LogP contribution is -2.54. The van der Waals surface area contributed by atoms with Crippen LogP contribution < -0.4 is 16.0 Å². The summed E-state index contributed by atoms with van der Waals surface area (Å²) in [5.74, 6) is -1.20. The van der Waals surface area contributed by atoms with E-state index in [-0.39, 0.29) is 30.1 Å². The standard InChI is InChI=1S/C28H36N6O4S/c1-17(2)24-26(37)29-13-9-15-33(14-8-12-23(35)30-19(4)25(36)31-24)27(38)22-16-21-18(3)32-34(28(21)39-22)20-10-6-5-7-11-20/h5-7,10-11,16-17,19,24H,8-9,12-15H2,1-4H3,(H,29,37)(H,30,35)(H,31,36)/t19-,24-/m1/s1. The Balaban J connectivity index is 1.54. The molecule has 2 atom stereocenters. The monoisotopic (exact) mass is 552 g/mol. The number of aromatic nitrogens is 2. The van der Waals surface area contributed by atoms with Gasteiger partial charge >= 0.3 is 0 Å². The Morgan fingerprint density at radius 3 is 2.49 bits per heavy atom. The summed E-state index contributed by atoms with van der Waals surface area (Å²) in [7, 11) is 0. The van der Waals surface area contributed by atoms with E-state index >= 15 is 0 Å². The molecular weight excluding hydrogens is 516 g/mol. The molecule has 1 aliphatic rings. The summed E-state index contributed by atoms with van der Waals surface area (Å²) in [5, 5.41) is 13.9. The van der Waals surface area contributed by atoms with Gasteiger partial charge in [0.15, 0.2) is 0 Å². The molecule has 10 nitrogen and oxygen atoms in total. The molecule has 3 heterocycles. The highest BCUT2D eigenvalue weighted by Gasteiger charge is 2.27. The first-order chi connectivity index (χ1) is 18.7. The van der Waals surface area contributed by atoms with Crippen LogP contribution in [0.15, 0.2) is 36.4 Å². The molecule has 39 heavy (non-hydrogen) atoms. The topological polar surface area (TPSA) is 125 Å². The average molecular weight is 553 g/mol. The van der Waals surface area contributed by atoms with Crippen LogP contribution in [0.5, 0.6) is 0 Å². The summed E-state index contributed by atoms with van der Waals surface area (Å²) in [5.41, 5.74) is 1.77. The number of rotatable bonds is 3. The van der Waals surface area contributed by atoms with Crippen molar-refractivity contribution in [1.82, 2.24) is 30.6 Å². The second-order valence-corrected chi connectivity index (χ2v) is 11.3. The first-order valence-electron chi connectivity index (χ1n) is 13.4. The van der Waals surface area contributed by atoms with Gasteiger partial charge in [0.05, 0.1) is 16.3 Å². The zero-order chi connectivity index (χ0) is 28.1. The first-order valence-corrected chi connectivity index (χ1v) is 14.2. The summed E-state index contributed by atoms with van der Waals surface area (Å²) >= 11 is 1.40. The van der Waals surface area contributed by atoms with E-state index in [1.54, 1.807) is 11.8 Å². The number of carbonyl (C=O) groups excluding carboxylic acids is 4. The Morgan fingerprint density at radius 1 is 1.05 bits per heavy atom. The van der Waals surface area contributed by atoms with Gasteiger partial charge < -0.3 is 20.9 Å². The molecule has 11 heteroatoms. The van der Waals surface area contributed by atoms with Crippen molar-refractivity contribution in [1.29, 1.82) is 0 Å². The van der Waals surface area contributed by atoms with Crippen LogP contribution in [0.1, 0.15) is 55.4 Å². The second kappa shape index (κ2) is 12.4. The van der Waals surface area contributed by atoms with Gasteiger partial charge in [-0.2, -0.15) is 5.10 Å². The number of nitrogens with one attached hydrogen (secondary N) is 3. The van der Waals surface area contributed by atoms with Crippen molar-refractivity contribution in [2.24, 2.45) is 5.92 Å². The van der Waals surface area contributed by atoms with E-state index in [9.17, 15) is 19.2 Å². The van der Waals surface area contributed by atoms with Crippen LogP contribution in [0.25, 0.3) is 15.9 Å². The number of hydrogen-bond acceptors (Lipinski definition) is 6. The molecular formula is C28H36N6O4S. The maximum absolute atomic E-state index is 13.7. The van der Waals surface area contributed by atoms with Gasteiger partial charge in [-0.15, -0.1) is 11.3 Å². The number of thiophene rings is 1. The summed E-state index contributed by atoms with van der Waals surface area (Å²) in [4.78, 5) is 54.8. The summed E-state index contributed by atoms with van der Waals surface area (Å²) in [6.07, 6.45) is 1.18. The first kappa shape index (κ1) is 28.3. The van der Waals surface area contributed by atoms with E-state index < -0.39 is 18.0 Å². The predicted molar refractivity (Wildman–Crippen MR) is 151 cm³/mol. The molecule has 0 radical (unpaired) electrons. The summed E-state index contributed by atoms with van der Waals surface area (Å²) in [6, 6.07) is 10.2. The highest BCUT2D eigenvalue weighted by Crippen LogP contribution is 2.31. The third kappa shape index (κ3) is 6.65. The molecule has 3 N–H and O–H groups in total. The van der Waals surface area contributed by atoms with Crippen LogP contribution in [0.4, 0.5) is 0 Å². The van der Waals surface area contributed by atoms with E-state index in [0.717, 1.165) is 21.6 Å². The zero-order valence-electron chi connectivity index (χ0n) is 22.8. The summed E-state index contributed by atoms with van der Waals surface area (Å²) < 4.78 is 1.86. The van der Waals surface area contributed by atoms with Crippen molar-refractivity contribution in [2.45, 2.75) is 59.0 Å². The minimum Gasteiger partial charge on any atom is -0.354 e. The van der Waals surface area contributed by atoms with Gasteiger partial charge in [-0.1, -0.05) is 32.0 Å². The third-order valence-electron chi connectivity index (χ3n) is 6.80. The lowest BCUT2D eigenvalue weighted by molar-refractivity contribution is -0.132. The molecule has 4 rings (SSSR count). The molecule has 0 bridgehead atoms. The van der Waals surface area contributed by atoms with Crippen molar-refractivity contribution in [2.75, 3.05) is 19.6 Å². The van der Waals surface area contributed by atoms with Gasteiger partial charge in [-0.05, 0) is 50.8 Å². The largest absolute Gasteiger partial charge is 0.354 e. The maximum atomic E-state index is 13.7.